The predicted octanol–water partition coefficient (Wildman–Crippen LogP) is 5.09. The van der Waals surface area contributed by atoms with Crippen LogP contribution in [0.2, 0.25) is 4.34 Å². The standard InChI is InChI=1S/C20H19ClN2O2S2/c1-25-16-4-2-13(3-5-16)14-8-9-23(11-14)19(24)10-15-12-26-20(22-15)17-6-7-18(21)27-17/h2-7,12,14H,8-11H2,1H3. The molecule has 0 saturated carbocycles. The third kappa shape index (κ3) is 4.18. The number of thiophene rings is 1. The fourth-order valence-electron chi connectivity index (χ4n) is 3.33. The number of carbonyl (C=O) groups is 1. The van der Waals surface area contributed by atoms with Gasteiger partial charge in [-0.05, 0) is 36.2 Å². The van der Waals surface area contributed by atoms with Gasteiger partial charge < -0.3 is 9.64 Å². The SMILES string of the molecule is COc1ccc(C2CCN(C(=O)Cc3csc(-c4ccc(Cl)s4)n3)C2)cc1. The lowest BCUT2D eigenvalue weighted by Crippen LogP contribution is -2.30. The first-order valence-electron chi connectivity index (χ1n) is 8.74. The molecule has 4 nitrogen and oxygen atoms in total. The maximum Gasteiger partial charge on any atom is 0.228 e. The van der Waals surface area contributed by atoms with Crippen LogP contribution in [-0.4, -0.2) is 36.0 Å². The molecule has 7 heteroatoms. The summed E-state index contributed by atoms with van der Waals surface area (Å²) in [5.74, 6) is 1.39. The molecule has 0 spiro atoms. The number of nitrogens with zero attached hydrogens (tertiary/aromatic N) is 2. The molecular formula is C20H19ClN2O2S2. The van der Waals surface area contributed by atoms with E-state index in [1.165, 1.54) is 16.9 Å². The number of aromatic nitrogens is 1. The van der Waals surface area contributed by atoms with Crippen molar-refractivity contribution in [3.8, 4) is 15.6 Å². The number of methoxy groups -OCH3 is 1. The molecule has 1 aliphatic rings. The second-order valence-corrected chi connectivity index (χ2v) is 9.10. The molecule has 0 aliphatic carbocycles. The van der Waals surface area contributed by atoms with Gasteiger partial charge >= 0.3 is 0 Å². The van der Waals surface area contributed by atoms with E-state index in [0.29, 0.717) is 12.3 Å². The van der Waals surface area contributed by atoms with Crippen LogP contribution in [-0.2, 0) is 11.2 Å². The quantitative estimate of drug-likeness (QED) is 0.579. The second-order valence-electron chi connectivity index (χ2n) is 6.52. The third-order valence-corrected chi connectivity index (χ3v) is 7.09. The number of carbonyl (C=O) groups excluding carboxylic acids is 1. The van der Waals surface area contributed by atoms with Crippen molar-refractivity contribution in [3.63, 3.8) is 0 Å². The maximum atomic E-state index is 12.7. The van der Waals surface area contributed by atoms with Gasteiger partial charge in [-0.3, -0.25) is 4.79 Å². The first-order valence-corrected chi connectivity index (χ1v) is 10.8. The molecule has 0 radical (unpaired) electrons. The van der Waals surface area contributed by atoms with Crippen molar-refractivity contribution in [2.24, 2.45) is 0 Å². The van der Waals surface area contributed by atoms with Crippen LogP contribution < -0.4 is 4.74 Å². The molecule has 2 aromatic heterocycles. The predicted molar refractivity (Wildman–Crippen MR) is 111 cm³/mol. The van der Waals surface area contributed by atoms with Gasteiger partial charge in [-0.15, -0.1) is 22.7 Å². The number of benzene rings is 1. The van der Waals surface area contributed by atoms with Crippen molar-refractivity contribution < 1.29 is 9.53 Å². The minimum absolute atomic E-state index is 0.145. The van der Waals surface area contributed by atoms with Crippen molar-refractivity contribution in [2.75, 3.05) is 20.2 Å². The van der Waals surface area contributed by atoms with Gasteiger partial charge in [0.25, 0.3) is 0 Å². The average molecular weight is 419 g/mol. The molecule has 1 unspecified atom stereocenters. The number of halogens is 1. The highest BCUT2D eigenvalue weighted by atomic mass is 35.5. The van der Waals surface area contributed by atoms with Gasteiger partial charge in [-0.25, -0.2) is 4.98 Å². The topological polar surface area (TPSA) is 42.4 Å². The summed E-state index contributed by atoms with van der Waals surface area (Å²) in [4.78, 5) is 20.3. The van der Waals surface area contributed by atoms with E-state index in [-0.39, 0.29) is 5.91 Å². The zero-order chi connectivity index (χ0) is 18.8. The molecule has 1 aromatic carbocycles. The summed E-state index contributed by atoms with van der Waals surface area (Å²) in [5.41, 5.74) is 2.09. The van der Waals surface area contributed by atoms with Crippen LogP contribution in [0.5, 0.6) is 5.75 Å². The molecule has 1 fully saturated rings. The number of hydrogen-bond acceptors (Lipinski definition) is 5. The van der Waals surface area contributed by atoms with Crippen molar-refractivity contribution >= 4 is 40.2 Å². The highest BCUT2D eigenvalue weighted by Gasteiger charge is 2.27. The lowest BCUT2D eigenvalue weighted by molar-refractivity contribution is -0.129. The van der Waals surface area contributed by atoms with Gasteiger partial charge in [-0.1, -0.05) is 23.7 Å². The summed E-state index contributed by atoms with van der Waals surface area (Å²) in [6.07, 6.45) is 1.35. The molecule has 0 N–H and O–H groups in total. The Bertz CT molecular complexity index is 936. The van der Waals surface area contributed by atoms with E-state index in [9.17, 15) is 4.79 Å². The molecule has 140 valence electrons. The molecule has 1 aliphatic heterocycles. The van der Waals surface area contributed by atoms with E-state index in [1.807, 2.05) is 34.5 Å². The molecule has 3 aromatic rings. The van der Waals surface area contributed by atoms with Crippen LogP contribution in [0, 0.1) is 0 Å². The summed E-state index contributed by atoms with van der Waals surface area (Å²) in [6.45, 7) is 1.57. The minimum atomic E-state index is 0.145. The summed E-state index contributed by atoms with van der Waals surface area (Å²) in [7, 11) is 1.67. The van der Waals surface area contributed by atoms with Gasteiger partial charge in [0.05, 0.1) is 28.4 Å². The Morgan fingerprint density at radius 1 is 1.30 bits per heavy atom. The smallest absolute Gasteiger partial charge is 0.228 e. The normalized spacial score (nSPS) is 16.7. The van der Waals surface area contributed by atoms with Crippen molar-refractivity contribution in [1.29, 1.82) is 0 Å². The second kappa shape index (κ2) is 8.00. The Morgan fingerprint density at radius 3 is 2.81 bits per heavy atom. The third-order valence-electron chi connectivity index (χ3n) is 4.80. The van der Waals surface area contributed by atoms with Crippen LogP contribution in [0.25, 0.3) is 9.88 Å². The zero-order valence-electron chi connectivity index (χ0n) is 14.9. The Balaban J connectivity index is 1.37. The van der Waals surface area contributed by atoms with Gasteiger partial charge in [-0.2, -0.15) is 0 Å². The van der Waals surface area contributed by atoms with Crippen molar-refractivity contribution in [3.05, 3.63) is 57.4 Å². The van der Waals surface area contributed by atoms with Crippen LogP contribution in [0.1, 0.15) is 23.6 Å². The van der Waals surface area contributed by atoms with Gasteiger partial charge in [0.2, 0.25) is 5.91 Å². The van der Waals surface area contributed by atoms with E-state index < -0.39 is 0 Å². The van der Waals surface area contributed by atoms with Crippen LogP contribution in [0.15, 0.2) is 41.8 Å². The Hall–Kier alpha value is -1.89. The average Bonchev–Trinajstić information content (AvgIpc) is 3.42. The van der Waals surface area contributed by atoms with E-state index in [1.54, 1.807) is 18.4 Å². The number of hydrogen-bond donors (Lipinski definition) is 0. The summed E-state index contributed by atoms with van der Waals surface area (Å²) in [5, 5.41) is 2.89. The first-order chi connectivity index (χ1) is 13.1. The fraction of sp³-hybridized carbons (Fsp3) is 0.300. The molecule has 3 heterocycles. The fourth-order valence-corrected chi connectivity index (χ4v) is 5.27. The van der Waals surface area contributed by atoms with Gasteiger partial charge in [0.15, 0.2) is 0 Å². The molecular weight excluding hydrogens is 400 g/mol. The monoisotopic (exact) mass is 418 g/mol. The molecule has 1 amide bonds. The maximum absolute atomic E-state index is 12.7. The van der Waals surface area contributed by atoms with Crippen LogP contribution in [0.3, 0.4) is 0 Å². The number of likely N-dealkylation sites (tertiary alicyclic amines) is 1. The number of rotatable bonds is 5. The summed E-state index contributed by atoms with van der Waals surface area (Å²) in [6, 6.07) is 12.0. The number of amides is 1. The number of ether oxygens (including phenoxy) is 1. The molecule has 1 atom stereocenters. The van der Waals surface area contributed by atoms with Crippen molar-refractivity contribution in [1.82, 2.24) is 9.88 Å². The molecule has 1 saturated heterocycles. The van der Waals surface area contributed by atoms with E-state index >= 15 is 0 Å². The van der Waals surface area contributed by atoms with Crippen LogP contribution >= 0.6 is 34.3 Å². The van der Waals surface area contributed by atoms with Crippen molar-refractivity contribution in [2.45, 2.75) is 18.8 Å². The lowest BCUT2D eigenvalue weighted by Gasteiger charge is -2.16. The van der Waals surface area contributed by atoms with E-state index in [2.05, 4.69) is 17.1 Å². The highest BCUT2D eigenvalue weighted by molar-refractivity contribution is 7.23. The highest BCUT2D eigenvalue weighted by Crippen LogP contribution is 2.33. The zero-order valence-corrected chi connectivity index (χ0v) is 17.2. The summed E-state index contributed by atoms with van der Waals surface area (Å²) < 4.78 is 5.97. The largest absolute Gasteiger partial charge is 0.497 e. The number of thiazole rings is 1. The lowest BCUT2D eigenvalue weighted by atomic mass is 9.98. The Kier molecular flexibility index (Phi) is 5.48. The first kappa shape index (κ1) is 18.5. The van der Waals surface area contributed by atoms with Crippen LogP contribution in [0.4, 0.5) is 0 Å². The summed E-state index contributed by atoms with van der Waals surface area (Å²) >= 11 is 9.06. The van der Waals surface area contributed by atoms with Gasteiger partial charge in [0.1, 0.15) is 10.8 Å². The van der Waals surface area contributed by atoms with E-state index in [4.69, 9.17) is 16.3 Å². The molecule has 27 heavy (non-hydrogen) atoms. The molecule has 4 rings (SSSR count). The Morgan fingerprint density at radius 2 is 2.11 bits per heavy atom. The Labute approximate surface area is 171 Å². The minimum Gasteiger partial charge on any atom is -0.497 e. The van der Waals surface area contributed by atoms with Gasteiger partial charge in [0, 0.05) is 24.4 Å². The molecule has 0 bridgehead atoms. The van der Waals surface area contributed by atoms with E-state index in [0.717, 1.165) is 45.2 Å².